The number of aromatic nitrogens is 2. The van der Waals surface area contributed by atoms with E-state index in [0.29, 0.717) is 11.5 Å². The van der Waals surface area contributed by atoms with Crippen LogP contribution in [0.25, 0.3) is 0 Å². The first kappa shape index (κ1) is 18.6. The summed E-state index contributed by atoms with van der Waals surface area (Å²) in [5.74, 6) is 1.43. The van der Waals surface area contributed by atoms with Crippen LogP contribution in [-0.4, -0.2) is 22.3 Å². The number of benzene rings is 2. The van der Waals surface area contributed by atoms with E-state index in [1.54, 1.807) is 19.1 Å². The lowest BCUT2D eigenvalue weighted by atomic mass is 10.1. The van der Waals surface area contributed by atoms with Crippen molar-refractivity contribution in [3.63, 3.8) is 0 Å². The van der Waals surface area contributed by atoms with Crippen LogP contribution < -0.4 is 10.2 Å². The van der Waals surface area contributed by atoms with Crippen LogP contribution in [0.2, 0.25) is 0 Å². The first-order valence-corrected chi connectivity index (χ1v) is 9.04. The Bertz CT molecular complexity index is 951. The van der Waals surface area contributed by atoms with Gasteiger partial charge in [-0.25, -0.2) is 4.98 Å². The third-order valence-corrected chi connectivity index (χ3v) is 4.29. The SMILES string of the molecule is CCN(c1cccc(C)c1)c1cc(C)nc(Nc2ccc(C(C)=O)cc2)n1. The Balaban J connectivity index is 1.90. The monoisotopic (exact) mass is 360 g/mol. The van der Waals surface area contributed by atoms with Crippen LogP contribution in [0.4, 0.5) is 23.1 Å². The Morgan fingerprint density at radius 1 is 1.04 bits per heavy atom. The maximum Gasteiger partial charge on any atom is 0.229 e. The predicted molar refractivity (Wildman–Crippen MR) is 110 cm³/mol. The summed E-state index contributed by atoms with van der Waals surface area (Å²) in [6.45, 7) is 8.50. The minimum atomic E-state index is 0.0485. The van der Waals surface area contributed by atoms with E-state index in [4.69, 9.17) is 4.98 Å². The van der Waals surface area contributed by atoms with Gasteiger partial charge in [-0.15, -0.1) is 0 Å². The number of ketones is 1. The Morgan fingerprint density at radius 3 is 2.41 bits per heavy atom. The summed E-state index contributed by atoms with van der Waals surface area (Å²) >= 11 is 0. The van der Waals surface area contributed by atoms with E-state index >= 15 is 0 Å². The number of carbonyl (C=O) groups excluding carboxylic acids is 1. The van der Waals surface area contributed by atoms with Crippen molar-refractivity contribution in [2.24, 2.45) is 0 Å². The lowest BCUT2D eigenvalue weighted by molar-refractivity contribution is 0.101. The van der Waals surface area contributed by atoms with Gasteiger partial charge in [0, 0.05) is 35.2 Å². The average molecular weight is 360 g/mol. The van der Waals surface area contributed by atoms with Crippen LogP contribution in [0.15, 0.2) is 54.6 Å². The van der Waals surface area contributed by atoms with Gasteiger partial charge in [-0.3, -0.25) is 4.79 Å². The summed E-state index contributed by atoms with van der Waals surface area (Å²) in [6, 6.07) is 17.7. The van der Waals surface area contributed by atoms with Crippen LogP contribution in [0.5, 0.6) is 0 Å². The fourth-order valence-electron chi connectivity index (χ4n) is 2.94. The van der Waals surface area contributed by atoms with E-state index in [1.807, 2.05) is 25.1 Å². The van der Waals surface area contributed by atoms with E-state index in [0.717, 1.165) is 29.4 Å². The summed E-state index contributed by atoms with van der Waals surface area (Å²) in [4.78, 5) is 22.8. The molecule has 2 aromatic carbocycles. The van der Waals surface area contributed by atoms with E-state index in [2.05, 4.69) is 53.3 Å². The number of rotatable bonds is 6. The molecule has 0 fully saturated rings. The fraction of sp³-hybridized carbons (Fsp3) is 0.227. The zero-order valence-corrected chi connectivity index (χ0v) is 16.2. The molecule has 0 bridgehead atoms. The molecule has 0 aliphatic carbocycles. The van der Waals surface area contributed by atoms with Crippen LogP contribution in [-0.2, 0) is 0 Å². The predicted octanol–water partition coefficient (Wildman–Crippen LogP) is 5.20. The number of nitrogens with one attached hydrogen (secondary N) is 1. The van der Waals surface area contributed by atoms with Gasteiger partial charge in [-0.2, -0.15) is 4.98 Å². The molecule has 0 aliphatic heterocycles. The van der Waals surface area contributed by atoms with Crippen molar-refractivity contribution in [3.8, 4) is 0 Å². The summed E-state index contributed by atoms with van der Waals surface area (Å²) in [5, 5.41) is 3.23. The third kappa shape index (κ3) is 4.50. The molecule has 0 atom stereocenters. The molecule has 3 rings (SSSR count). The largest absolute Gasteiger partial charge is 0.326 e. The van der Waals surface area contributed by atoms with Crippen molar-refractivity contribution in [2.75, 3.05) is 16.8 Å². The summed E-state index contributed by atoms with van der Waals surface area (Å²) in [5.41, 5.74) is 4.72. The molecular weight excluding hydrogens is 336 g/mol. The van der Waals surface area contributed by atoms with Crippen molar-refractivity contribution in [3.05, 3.63) is 71.4 Å². The van der Waals surface area contributed by atoms with E-state index < -0.39 is 0 Å². The number of anilines is 4. The van der Waals surface area contributed by atoms with Crippen molar-refractivity contribution < 1.29 is 4.79 Å². The minimum absolute atomic E-state index is 0.0485. The van der Waals surface area contributed by atoms with Gasteiger partial charge in [0.15, 0.2) is 5.78 Å². The molecule has 138 valence electrons. The quantitative estimate of drug-likeness (QED) is 0.613. The van der Waals surface area contributed by atoms with E-state index in [9.17, 15) is 4.79 Å². The van der Waals surface area contributed by atoms with Crippen LogP contribution >= 0.6 is 0 Å². The van der Waals surface area contributed by atoms with Gasteiger partial charge in [0.25, 0.3) is 0 Å². The number of hydrogen-bond donors (Lipinski definition) is 1. The van der Waals surface area contributed by atoms with Gasteiger partial charge in [0.2, 0.25) is 5.95 Å². The summed E-state index contributed by atoms with van der Waals surface area (Å²) in [6.07, 6.45) is 0. The molecule has 3 aromatic rings. The molecular formula is C22H24N4O. The zero-order valence-electron chi connectivity index (χ0n) is 16.2. The molecule has 1 aromatic heterocycles. The maximum atomic E-state index is 11.4. The standard InChI is InChI=1S/C22H24N4O/c1-5-26(20-8-6-7-15(2)13-20)21-14-16(3)23-22(25-21)24-19-11-9-18(10-12-19)17(4)27/h6-14H,5H2,1-4H3,(H,23,24,25). The Morgan fingerprint density at radius 2 is 1.78 bits per heavy atom. The smallest absolute Gasteiger partial charge is 0.229 e. The maximum absolute atomic E-state index is 11.4. The highest BCUT2D eigenvalue weighted by Crippen LogP contribution is 2.26. The molecule has 0 unspecified atom stereocenters. The second kappa shape index (κ2) is 7.99. The molecule has 27 heavy (non-hydrogen) atoms. The summed E-state index contributed by atoms with van der Waals surface area (Å²) < 4.78 is 0. The number of nitrogens with zero attached hydrogens (tertiary/aromatic N) is 3. The number of aryl methyl sites for hydroxylation is 2. The Labute approximate surface area is 160 Å². The van der Waals surface area contributed by atoms with E-state index in [1.165, 1.54) is 5.56 Å². The van der Waals surface area contributed by atoms with Gasteiger partial charge < -0.3 is 10.2 Å². The normalized spacial score (nSPS) is 10.5. The van der Waals surface area contributed by atoms with Gasteiger partial charge in [-0.05, 0) is 69.7 Å². The van der Waals surface area contributed by atoms with E-state index in [-0.39, 0.29) is 5.78 Å². The molecule has 0 saturated heterocycles. The van der Waals surface area contributed by atoms with Crippen LogP contribution in [0.3, 0.4) is 0 Å². The first-order valence-electron chi connectivity index (χ1n) is 9.04. The Hall–Kier alpha value is -3.21. The lowest BCUT2D eigenvalue weighted by Crippen LogP contribution is -2.18. The van der Waals surface area contributed by atoms with Gasteiger partial charge in [0.05, 0.1) is 0 Å². The van der Waals surface area contributed by atoms with Crippen molar-refractivity contribution in [2.45, 2.75) is 27.7 Å². The van der Waals surface area contributed by atoms with Gasteiger partial charge in [0.1, 0.15) is 5.82 Å². The second-order valence-corrected chi connectivity index (χ2v) is 6.53. The topological polar surface area (TPSA) is 58.1 Å². The number of carbonyl (C=O) groups is 1. The second-order valence-electron chi connectivity index (χ2n) is 6.53. The molecule has 5 heteroatoms. The lowest BCUT2D eigenvalue weighted by Gasteiger charge is -2.23. The molecule has 0 aliphatic rings. The first-order chi connectivity index (χ1) is 13.0. The average Bonchev–Trinajstić information content (AvgIpc) is 2.62. The molecule has 0 spiro atoms. The molecule has 1 N–H and O–H groups in total. The van der Waals surface area contributed by atoms with Crippen LogP contribution in [0.1, 0.15) is 35.5 Å². The van der Waals surface area contributed by atoms with Crippen molar-refractivity contribution >= 4 is 28.9 Å². The fourth-order valence-corrected chi connectivity index (χ4v) is 2.94. The number of hydrogen-bond acceptors (Lipinski definition) is 5. The Kier molecular flexibility index (Phi) is 5.50. The highest BCUT2D eigenvalue weighted by atomic mass is 16.1. The highest BCUT2D eigenvalue weighted by molar-refractivity contribution is 5.94. The van der Waals surface area contributed by atoms with Crippen molar-refractivity contribution in [1.29, 1.82) is 0 Å². The molecule has 5 nitrogen and oxygen atoms in total. The molecule has 0 saturated carbocycles. The minimum Gasteiger partial charge on any atom is -0.326 e. The molecule has 0 radical (unpaired) electrons. The molecule has 0 amide bonds. The zero-order chi connectivity index (χ0) is 19.4. The highest BCUT2D eigenvalue weighted by Gasteiger charge is 2.12. The van der Waals surface area contributed by atoms with Gasteiger partial charge >= 0.3 is 0 Å². The summed E-state index contributed by atoms with van der Waals surface area (Å²) in [7, 11) is 0. The number of Topliss-reactive ketones (excluding diaryl/α,β-unsaturated/α-hetero) is 1. The van der Waals surface area contributed by atoms with Gasteiger partial charge in [-0.1, -0.05) is 12.1 Å². The molecule has 1 heterocycles. The van der Waals surface area contributed by atoms with Crippen LogP contribution in [0, 0.1) is 13.8 Å². The van der Waals surface area contributed by atoms with Crippen molar-refractivity contribution in [1.82, 2.24) is 9.97 Å². The third-order valence-electron chi connectivity index (χ3n) is 4.29.